The maximum atomic E-state index is 13.7. The first-order valence-corrected chi connectivity index (χ1v) is 8.59. The number of carbonyl (C=O) groups excluding carboxylic acids is 1. The van der Waals surface area contributed by atoms with E-state index < -0.39 is 0 Å². The summed E-state index contributed by atoms with van der Waals surface area (Å²) in [6.07, 6.45) is 0. The van der Waals surface area contributed by atoms with Crippen molar-refractivity contribution in [3.63, 3.8) is 0 Å². The minimum Gasteiger partial charge on any atom is -0.489 e. The van der Waals surface area contributed by atoms with Crippen LogP contribution in [0, 0.1) is 12.7 Å². The molecule has 0 radical (unpaired) electrons. The third kappa shape index (κ3) is 3.26. The van der Waals surface area contributed by atoms with Crippen molar-refractivity contribution in [3.05, 3.63) is 64.3 Å². The van der Waals surface area contributed by atoms with Crippen LogP contribution in [0.25, 0.3) is 10.1 Å². The number of hydrogen-bond donors (Lipinski definition) is 1. The normalized spacial score (nSPS) is 10.8. The average Bonchev–Trinajstić information content (AvgIpc) is 2.89. The second-order valence-electron chi connectivity index (χ2n) is 5.43. The first-order chi connectivity index (χ1) is 11.6. The molecule has 0 saturated heterocycles. The molecule has 0 aliphatic heterocycles. The summed E-state index contributed by atoms with van der Waals surface area (Å²) in [4.78, 5) is 13.3. The number of halogens is 1. The molecule has 0 saturated carbocycles. The van der Waals surface area contributed by atoms with Crippen molar-refractivity contribution in [1.82, 2.24) is 5.32 Å². The number of ether oxygens (including phenoxy) is 1. The van der Waals surface area contributed by atoms with Gasteiger partial charge in [-0.05, 0) is 38.1 Å². The van der Waals surface area contributed by atoms with Crippen molar-refractivity contribution in [2.24, 2.45) is 0 Å². The first kappa shape index (κ1) is 16.5. The van der Waals surface area contributed by atoms with Crippen LogP contribution in [0.15, 0.2) is 42.5 Å². The van der Waals surface area contributed by atoms with Gasteiger partial charge in [0.1, 0.15) is 18.2 Å². The molecule has 1 aromatic heterocycles. The Hall–Kier alpha value is -2.40. The number of benzene rings is 2. The number of aryl methyl sites for hydroxylation is 1. The van der Waals surface area contributed by atoms with E-state index in [1.807, 2.05) is 32.0 Å². The first-order valence-electron chi connectivity index (χ1n) is 7.77. The van der Waals surface area contributed by atoms with Gasteiger partial charge >= 0.3 is 0 Å². The number of fused-ring (bicyclic) bond motifs is 1. The molecule has 3 rings (SSSR count). The Kier molecular flexibility index (Phi) is 4.81. The number of amides is 1. The molecule has 0 bridgehead atoms. The molecule has 0 atom stereocenters. The Morgan fingerprint density at radius 2 is 2.04 bits per heavy atom. The van der Waals surface area contributed by atoms with Gasteiger partial charge in [0.2, 0.25) is 0 Å². The largest absolute Gasteiger partial charge is 0.489 e. The van der Waals surface area contributed by atoms with Crippen LogP contribution in [0.5, 0.6) is 5.75 Å². The van der Waals surface area contributed by atoms with Gasteiger partial charge in [-0.3, -0.25) is 4.79 Å². The molecule has 0 fully saturated rings. The van der Waals surface area contributed by atoms with E-state index in [2.05, 4.69) is 5.32 Å². The second kappa shape index (κ2) is 7.01. The van der Waals surface area contributed by atoms with Crippen LogP contribution in [0.3, 0.4) is 0 Å². The van der Waals surface area contributed by atoms with Crippen LogP contribution in [0.2, 0.25) is 0 Å². The SMILES string of the molecule is CCNC(=O)c1c(C)sc2ccc(OCc3ccccc3F)cc12. The summed E-state index contributed by atoms with van der Waals surface area (Å²) in [6.45, 7) is 4.57. The Bertz CT molecular complexity index is 888. The summed E-state index contributed by atoms with van der Waals surface area (Å²) in [5, 5.41) is 3.71. The monoisotopic (exact) mass is 343 g/mol. The van der Waals surface area contributed by atoms with E-state index in [1.165, 1.54) is 6.07 Å². The van der Waals surface area contributed by atoms with Gasteiger partial charge in [0.15, 0.2) is 0 Å². The number of hydrogen-bond acceptors (Lipinski definition) is 3. The van der Waals surface area contributed by atoms with Gasteiger partial charge in [-0.15, -0.1) is 11.3 Å². The van der Waals surface area contributed by atoms with Gasteiger partial charge in [0.25, 0.3) is 5.91 Å². The second-order valence-corrected chi connectivity index (χ2v) is 6.69. The molecule has 0 aliphatic carbocycles. The smallest absolute Gasteiger partial charge is 0.253 e. The molecule has 3 aromatic rings. The molecular formula is C19H18FNO2S. The zero-order valence-corrected chi connectivity index (χ0v) is 14.4. The summed E-state index contributed by atoms with van der Waals surface area (Å²) in [6, 6.07) is 12.2. The van der Waals surface area contributed by atoms with Crippen molar-refractivity contribution in [2.45, 2.75) is 20.5 Å². The third-order valence-corrected chi connectivity index (χ3v) is 4.84. The zero-order valence-electron chi connectivity index (χ0n) is 13.6. The van der Waals surface area contributed by atoms with Crippen molar-refractivity contribution >= 4 is 27.3 Å². The topological polar surface area (TPSA) is 38.3 Å². The Balaban J connectivity index is 1.89. The van der Waals surface area contributed by atoms with Crippen LogP contribution >= 0.6 is 11.3 Å². The highest BCUT2D eigenvalue weighted by molar-refractivity contribution is 7.19. The average molecular weight is 343 g/mol. The van der Waals surface area contributed by atoms with Gasteiger partial charge in [0.05, 0.1) is 5.56 Å². The van der Waals surface area contributed by atoms with Crippen molar-refractivity contribution in [3.8, 4) is 5.75 Å². The van der Waals surface area contributed by atoms with Gasteiger partial charge in [0, 0.05) is 27.1 Å². The number of carbonyl (C=O) groups is 1. The lowest BCUT2D eigenvalue weighted by molar-refractivity contribution is 0.0957. The van der Waals surface area contributed by atoms with E-state index in [0.717, 1.165) is 15.0 Å². The molecule has 2 aromatic carbocycles. The van der Waals surface area contributed by atoms with E-state index in [9.17, 15) is 9.18 Å². The summed E-state index contributed by atoms with van der Waals surface area (Å²) in [5.41, 5.74) is 1.19. The highest BCUT2D eigenvalue weighted by atomic mass is 32.1. The van der Waals surface area contributed by atoms with E-state index in [1.54, 1.807) is 29.5 Å². The molecule has 5 heteroatoms. The molecule has 0 aliphatic rings. The zero-order chi connectivity index (χ0) is 17.1. The molecule has 1 heterocycles. The Morgan fingerprint density at radius 1 is 1.25 bits per heavy atom. The van der Waals surface area contributed by atoms with E-state index in [4.69, 9.17) is 4.74 Å². The van der Waals surface area contributed by atoms with Crippen molar-refractivity contribution in [1.29, 1.82) is 0 Å². The fraction of sp³-hybridized carbons (Fsp3) is 0.211. The standard InChI is InChI=1S/C19H18FNO2S/c1-3-21-19(22)18-12(2)24-17-9-8-14(10-15(17)18)23-11-13-6-4-5-7-16(13)20/h4-10H,3,11H2,1-2H3,(H,21,22). The van der Waals surface area contributed by atoms with Gasteiger partial charge in [-0.1, -0.05) is 18.2 Å². The molecular weight excluding hydrogens is 325 g/mol. The van der Waals surface area contributed by atoms with Gasteiger partial charge in [-0.2, -0.15) is 0 Å². The molecule has 0 unspecified atom stereocenters. The lowest BCUT2D eigenvalue weighted by Gasteiger charge is -2.08. The molecule has 1 amide bonds. The minimum absolute atomic E-state index is 0.0764. The number of nitrogens with one attached hydrogen (secondary N) is 1. The van der Waals surface area contributed by atoms with Gasteiger partial charge < -0.3 is 10.1 Å². The summed E-state index contributed by atoms with van der Waals surface area (Å²) in [5.74, 6) is 0.259. The Labute approximate surface area is 144 Å². The van der Waals surface area contributed by atoms with Crippen LogP contribution in [0.4, 0.5) is 4.39 Å². The van der Waals surface area contributed by atoms with Crippen LogP contribution in [-0.4, -0.2) is 12.5 Å². The molecule has 0 spiro atoms. The van der Waals surface area contributed by atoms with Crippen molar-refractivity contribution < 1.29 is 13.9 Å². The molecule has 24 heavy (non-hydrogen) atoms. The van der Waals surface area contributed by atoms with Crippen LogP contribution in [0.1, 0.15) is 27.7 Å². The maximum absolute atomic E-state index is 13.7. The lowest BCUT2D eigenvalue weighted by Crippen LogP contribution is -2.22. The van der Waals surface area contributed by atoms with E-state index in [-0.39, 0.29) is 18.3 Å². The fourth-order valence-electron chi connectivity index (χ4n) is 2.60. The third-order valence-electron chi connectivity index (χ3n) is 3.75. The van der Waals surface area contributed by atoms with Crippen LogP contribution < -0.4 is 10.1 Å². The minimum atomic E-state index is -0.284. The molecule has 124 valence electrons. The number of rotatable bonds is 5. The number of thiophene rings is 1. The highest BCUT2D eigenvalue weighted by Crippen LogP contribution is 2.33. The summed E-state index contributed by atoms with van der Waals surface area (Å²) >= 11 is 1.58. The predicted octanol–water partition coefficient (Wildman–Crippen LogP) is 4.68. The predicted molar refractivity (Wildman–Crippen MR) is 95.3 cm³/mol. The van der Waals surface area contributed by atoms with E-state index >= 15 is 0 Å². The Morgan fingerprint density at radius 3 is 2.79 bits per heavy atom. The maximum Gasteiger partial charge on any atom is 0.253 e. The van der Waals surface area contributed by atoms with Crippen LogP contribution in [-0.2, 0) is 6.61 Å². The fourth-order valence-corrected chi connectivity index (χ4v) is 3.64. The van der Waals surface area contributed by atoms with Gasteiger partial charge in [-0.25, -0.2) is 4.39 Å². The summed E-state index contributed by atoms with van der Waals surface area (Å²) in [7, 11) is 0. The highest BCUT2D eigenvalue weighted by Gasteiger charge is 2.16. The molecule has 3 nitrogen and oxygen atoms in total. The molecule has 1 N–H and O–H groups in total. The lowest BCUT2D eigenvalue weighted by atomic mass is 10.1. The quantitative estimate of drug-likeness (QED) is 0.730. The van der Waals surface area contributed by atoms with Crippen molar-refractivity contribution in [2.75, 3.05) is 6.54 Å². The van der Waals surface area contributed by atoms with E-state index in [0.29, 0.717) is 23.4 Å². The summed E-state index contributed by atoms with van der Waals surface area (Å²) < 4.78 is 20.4.